The van der Waals surface area contributed by atoms with Crippen LogP contribution in [-0.2, 0) is 16.1 Å². The summed E-state index contributed by atoms with van der Waals surface area (Å²) in [6, 6.07) is 5.77. The second-order valence-corrected chi connectivity index (χ2v) is 4.91. The van der Waals surface area contributed by atoms with E-state index in [0.29, 0.717) is 13.1 Å². The second-order valence-electron chi connectivity index (χ2n) is 3.81. The normalized spacial score (nSPS) is 14.3. The molecule has 1 atom stereocenters. The van der Waals surface area contributed by atoms with Crippen LogP contribution in [0.1, 0.15) is 5.56 Å². The van der Waals surface area contributed by atoms with Crippen molar-refractivity contribution in [3.8, 4) is 11.5 Å². The molecule has 1 aromatic carbocycles. The summed E-state index contributed by atoms with van der Waals surface area (Å²) in [5, 5.41) is 3.16. The predicted molar refractivity (Wildman–Crippen MR) is 69.0 cm³/mol. The SMILES string of the molecule is COC(=O)C(Br)CNCc1ccc2c(c1)OCO2. The number of benzene rings is 1. The molecule has 1 N–H and O–H groups in total. The molecule has 1 heterocycles. The van der Waals surface area contributed by atoms with Crippen molar-refractivity contribution in [3.63, 3.8) is 0 Å². The van der Waals surface area contributed by atoms with Crippen molar-refractivity contribution in [3.05, 3.63) is 23.8 Å². The molecule has 18 heavy (non-hydrogen) atoms. The van der Waals surface area contributed by atoms with E-state index in [1.54, 1.807) is 0 Å². The van der Waals surface area contributed by atoms with E-state index in [4.69, 9.17) is 9.47 Å². The minimum Gasteiger partial charge on any atom is -0.468 e. The third-order valence-corrected chi connectivity index (χ3v) is 3.24. The van der Waals surface area contributed by atoms with Crippen LogP contribution >= 0.6 is 15.9 Å². The van der Waals surface area contributed by atoms with Gasteiger partial charge in [0.15, 0.2) is 11.5 Å². The number of fused-ring (bicyclic) bond motifs is 1. The summed E-state index contributed by atoms with van der Waals surface area (Å²) in [6.45, 7) is 1.43. The molecule has 98 valence electrons. The first-order valence-corrected chi connectivity index (χ1v) is 6.43. The molecular formula is C12H14BrNO4. The highest BCUT2D eigenvalue weighted by Gasteiger charge is 2.15. The van der Waals surface area contributed by atoms with Crippen LogP contribution in [-0.4, -0.2) is 31.2 Å². The molecule has 6 heteroatoms. The van der Waals surface area contributed by atoms with E-state index in [-0.39, 0.29) is 17.6 Å². The average molecular weight is 316 g/mol. The summed E-state index contributed by atoms with van der Waals surface area (Å²) in [7, 11) is 1.37. The molecular weight excluding hydrogens is 302 g/mol. The van der Waals surface area contributed by atoms with Gasteiger partial charge in [0.1, 0.15) is 4.83 Å². The predicted octanol–water partition coefficient (Wildman–Crippen LogP) is 1.44. The van der Waals surface area contributed by atoms with Crippen LogP contribution in [0.4, 0.5) is 0 Å². The van der Waals surface area contributed by atoms with Gasteiger partial charge in [0, 0.05) is 13.1 Å². The van der Waals surface area contributed by atoms with Crippen LogP contribution in [0.25, 0.3) is 0 Å². The van der Waals surface area contributed by atoms with Gasteiger partial charge in [-0.2, -0.15) is 0 Å². The van der Waals surface area contributed by atoms with E-state index in [1.807, 2.05) is 18.2 Å². The molecule has 1 aliphatic rings. The fraction of sp³-hybridized carbons (Fsp3) is 0.417. The molecule has 0 fully saturated rings. The van der Waals surface area contributed by atoms with E-state index in [2.05, 4.69) is 26.0 Å². The monoisotopic (exact) mass is 315 g/mol. The summed E-state index contributed by atoms with van der Waals surface area (Å²) in [5.74, 6) is 1.25. The summed E-state index contributed by atoms with van der Waals surface area (Å²) in [5.41, 5.74) is 1.07. The van der Waals surface area contributed by atoms with Crippen LogP contribution in [0, 0.1) is 0 Å². The molecule has 0 saturated carbocycles. The Morgan fingerprint density at radius 1 is 1.50 bits per heavy atom. The van der Waals surface area contributed by atoms with Gasteiger partial charge in [-0.05, 0) is 17.7 Å². The Kier molecular flexibility index (Phi) is 4.43. The van der Waals surface area contributed by atoms with Gasteiger partial charge in [-0.15, -0.1) is 0 Å². The van der Waals surface area contributed by atoms with E-state index < -0.39 is 0 Å². The van der Waals surface area contributed by atoms with Crippen molar-refractivity contribution in [2.75, 3.05) is 20.4 Å². The molecule has 5 nitrogen and oxygen atoms in total. The zero-order chi connectivity index (χ0) is 13.0. The number of nitrogens with one attached hydrogen (secondary N) is 1. The summed E-state index contributed by atoms with van der Waals surface area (Å²) >= 11 is 3.25. The Labute approximate surface area is 114 Å². The maximum Gasteiger partial charge on any atom is 0.320 e. The maximum absolute atomic E-state index is 11.2. The van der Waals surface area contributed by atoms with Gasteiger partial charge in [0.05, 0.1) is 7.11 Å². The number of carbonyl (C=O) groups excluding carboxylic acids is 1. The Hall–Kier alpha value is -1.27. The lowest BCUT2D eigenvalue weighted by atomic mass is 10.2. The molecule has 0 amide bonds. The highest BCUT2D eigenvalue weighted by atomic mass is 79.9. The first kappa shape index (κ1) is 13.2. The third kappa shape index (κ3) is 3.14. The van der Waals surface area contributed by atoms with Crippen molar-refractivity contribution < 1.29 is 19.0 Å². The second kappa shape index (κ2) is 6.06. The lowest BCUT2D eigenvalue weighted by Gasteiger charge is -2.09. The number of ether oxygens (including phenoxy) is 3. The fourth-order valence-electron chi connectivity index (χ4n) is 1.61. The molecule has 0 aliphatic carbocycles. The van der Waals surface area contributed by atoms with Crippen molar-refractivity contribution in [2.45, 2.75) is 11.4 Å². The maximum atomic E-state index is 11.2. The first-order chi connectivity index (χ1) is 8.70. The fourth-order valence-corrected chi connectivity index (χ4v) is 2.02. The number of rotatable bonds is 5. The van der Waals surface area contributed by atoms with Gasteiger partial charge >= 0.3 is 5.97 Å². The Bertz CT molecular complexity index is 438. The van der Waals surface area contributed by atoms with Crippen LogP contribution < -0.4 is 14.8 Å². The quantitative estimate of drug-likeness (QED) is 0.658. The number of methoxy groups -OCH3 is 1. The molecule has 2 rings (SSSR count). The summed E-state index contributed by atoms with van der Waals surface area (Å²) in [4.78, 5) is 10.8. The number of halogens is 1. The third-order valence-electron chi connectivity index (χ3n) is 2.55. The van der Waals surface area contributed by atoms with Crippen molar-refractivity contribution >= 4 is 21.9 Å². The Morgan fingerprint density at radius 3 is 3.06 bits per heavy atom. The van der Waals surface area contributed by atoms with Gasteiger partial charge in [0.2, 0.25) is 6.79 Å². The molecule has 0 bridgehead atoms. The minimum absolute atomic E-state index is 0.276. The highest BCUT2D eigenvalue weighted by Crippen LogP contribution is 2.32. The topological polar surface area (TPSA) is 56.8 Å². The standard InChI is InChI=1S/C12H14BrNO4/c1-16-12(15)9(13)6-14-5-8-2-3-10-11(4-8)18-7-17-10/h2-4,9,14H,5-7H2,1H3. The number of esters is 1. The molecule has 0 aromatic heterocycles. The van der Waals surface area contributed by atoms with Crippen molar-refractivity contribution in [1.82, 2.24) is 5.32 Å². The van der Waals surface area contributed by atoms with Crippen LogP contribution in [0.2, 0.25) is 0 Å². The molecule has 1 unspecified atom stereocenters. The number of carbonyl (C=O) groups is 1. The lowest BCUT2D eigenvalue weighted by Crippen LogP contribution is -2.29. The van der Waals surface area contributed by atoms with Crippen molar-refractivity contribution in [2.24, 2.45) is 0 Å². The van der Waals surface area contributed by atoms with E-state index in [0.717, 1.165) is 17.1 Å². The van der Waals surface area contributed by atoms with Gasteiger partial charge in [-0.1, -0.05) is 22.0 Å². The summed E-state index contributed by atoms with van der Waals surface area (Å²) in [6.07, 6.45) is 0. The Balaban J connectivity index is 1.82. The van der Waals surface area contributed by atoms with Crippen LogP contribution in [0.5, 0.6) is 11.5 Å². The number of hydrogen-bond acceptors (Lipinski definition) is 5. The van der Waals surface area contributed by atoms with Gasteiger partial charge in [-0.25, -0.2) is 0 Å². The smallest absolute Gasteiger partial charge is 0.320 e. The Morgan fingerprint density at radius 2 is 2.28 bits per heavy atom. The number of alkyl halides is 1. The van der Waals surface area contributed by atoms with E-state index in [9.17, 15) is 4.79 Å². The van der Waals surface area contributed by atoms with Crippen molar-refractivity contribution in [1.29, 1.82) is 0 Å². The van der Waals surface area contributed by atoms with Gasteiger partial charge in [-0.3, -0.25) is 4.79 Å². The zero-order valence-electron chi connectivity index (χ0n) is 9.94. The molecule has 0 spiro atoms. The highest BCUT2D eigenvalue weighted by molar-refractivity contribution is 9.10. The van der Waals surface area contributed by atoms with Gasteiger partial charge in [0.25, 0.3) is 0 Å². The molecule has 1 aliphatic heterocycles. The first-order valence-electron chi connectivity index (χ1n) is 5.52. The average Bonchev–Trinajstić information content (AvgIpc) is 2.85. The van der Waals surface area contributed by atoms with E-state index in [1.165, 1.54) is 7.11 Å². The molecule has 0 radical (unpaired) electrons. The zero-order valence-corrected chi connectivity index (χ0v) is 11.5. The van der Waals surface area contributed by atoms with Gasteiger partial charge < -0.3 is 19.5 Å². The molecule has 0 saturated heterocycles. The largest absolute Gasteiger partial charge is 0.468 e. The van der Waals surface area contributed by atoms with Crippen LogP contribution in [0.3, 0.4) is 0 Å². The number of hydrogen-bond donors (Lipinski definition) is 1. The summed E-state index contributed by atoms with van der Waals surface area (Å²) < 4.78 is 15.1. The lowest BCUT2D eigenvalue weighted by molar-refractivity contribution is -0.139. The molecule has 1 aromatic rings. The van der Waals surface area contributed by atoms with E-state index >= 15 is 0 Å². The minimum atomic E-state index is -0.337. The van der Waals surface area contributed by atoms with Crippen LogP contribution in [0.15, 0.2) is 18.2 Å².